The van der Waals surface area contributed by atoms with Gasteiger partial charge in [0, 0.05) is 9.37 Å². The molecule has 2 rings (SSSR count). The van der Waals surface area contributed by atoms with Crippen LogP contribution in [0, 0.1) is 0 Å². The van der Waals surface area contributed by atoms with E-state index < -0.39 is 0 Å². The molecule has 0 aliphatic carbocycles. The number of benzene rings is 1. The van der Waals surface area contributed by atoms with Crippen LogP contribution in [0.2, 0.25) is 0 Å². The summed E-state index contributed by atoms with van der Waals surface area (Å²) in [6.45, 7) is 4.15. The average Bonchev–Trinajstić information content (AvgIpc) is 2.75. The van der Waals surface area contributed by atoms with Crippen LogP contribution in [0.4, 0.5) is 0 Å². The van der Waals surface area contributed by atoms with Crippen LogP contribution in [-0.4, -0.2) is 20.6 Å². The highest BCUT2D eigenvalue weighted by atomic mass is 79.9. The Morgan fingerprint density at radius 2 is 1.94 bits per heavy atom. The van der Waals surface area contributed by atoms with Gasteiger partial charge in [0.2, 0.25) is 0 Å². The molecule has 4 nitrogen and oxygen atoms in total. The van der Waals surface area contributed by atoms with Gasteiger partial charge in [-0.2, -0.15) is 5.21 Å². The number of tetrazole rings is 1. The molecule has 1 N–H and O–H groups in total. The zero-order chi connectivity index (χ0) is 11.6. The van der Waals surface area contributed by atoms with Crippen LogP contribution in [0.3, 0.4) is 0 Å². The van der Waals surface area contributed by atoms with Crippen LogP contribution in [0.15, 0.2) is 33.6 Å². The number of thioether (sulfide) groups is 1. The molecule has 0 atom stereocenters. The molecule has 0 bridgehead atoms. The second-order valence-electron chi connectivity index (χ2n) is 3.80. The summed E-state index contributed by atoms with van der Waals surface area (Å²) in [7, 11) is 0. The summed E-state index contributed by atoms with van der Waals surface area (Å²) in [6, 6.07) is 8.18. The molecule has 16 heavy (non-hydrogen) atoms. The van der Waals surface area contributed by atoms with Crippen LogP contribution in [0.1, 0.15) is 19.7 Å². The first-order valence-electron chi connectivity index (χ1n) is 4.76. The molecule has 0 unspecified atom stereocenters. The second-order valence-corrected chi connectivity index (χ2v) is 6.41. The molecule has 6 heteroatoms. The van der Waals surface area contributed by atoms with Crippen LogP contribution < -0.4 is 0 Å². The van der Waals surface area contributed by atoms with E-state index in [1.54, 1.807) is 11.8 Å². The molecule has 0 saturated heterocycles. The van der Waals surface area contributed by atoms with Gasteiger partial charge in [0.15, 0.2) is 5.82 Å². The summed E-state index contributed by atoms with van der Waals surface area (Å²) < 4.78 is 0.884. The number of aromatic amines is 1. The predicted molar refractivity (Wildman–Crippen MR) is 67.2 cm³/mol. The van der Waals surface area contributed by atoms with Crippen molar-refractivity contribution in [3.63, 3.8) is 0 Å². The number of halogens is 1. The minimum atomic E-state index is -0.194. The van der Waals surface area contributed by atoms with E-state index in [4.69, 9.17) is 0 Å². The number of aromatic nitrogens is 4. The van der Waals surface area contributed by atoms with Crippen molar-refractivity contribution >= 4 is 27.7 Å². The monoisotopic (exact) mass is 298 g/mol. The average molecular weight is 299 g/mol. The fourth-order valence-electron chi connectivity index (χ4n) is 1.26. The van der Waals surface area contributed by atoms with E-state index >= 15 is 0 Å². The summed E-state index contributed by atoms with van der Waals surface area (Å²) >= 11 is 5.12. The standard InChI is InChI=1S/C10H11BrN4S/c1-10(2,9-12-14-15-13-9)16-8-5-3-7(11)4-6-8/h3-6H,1-2H3,(H,12,13,14,15). The van der Waals surface area contributed by atoms with E-state index in [-0.39, 0.29) is 4.75 Å². The molecule has 0 aliphatic heterocycles. The maximum atomic E-state index is 4.02. The normalized spacial score (nSPS) is 11.7. The highest BCUT2D eigenvalue weighted by Crippen LogP contribution is 2.38. The lowest BCUT2D eigenvalue weighted by Gasteiger charge is -2.19. The van der Waals surface area contributed by atoms with E-state index in [1.807, 2.05) is 12.1 Å². The minimum Gasteiger partial charge on any atom is -0.177 e. The summed E-state index contributed by atoms with van der Waals surface area (Å²) in [6.07, 6.45) is 0. The lowest BCUT2D eigenvalue weighted by Crippen LogP contribution is -2.14. The van der Waals surface area contributed by atoms with Gasteiger partial charge >= 0.3 is 0 Å². The quantitative estimate of drug-likeness (QED) is 0.885. The largest absolute Gasteiger partial charge is 0.190 e. The zero-order valence-electron chi connectivity index (χ0n) is 8.94. The van der Waals surface area contributed by atoms with Gasteiger partial charge < -0.3 is 0 Å². The van der Waals surface area contributed by atoms with Gasteiger partial charge in [-0.25, -0.2) is 0 Å². The van der Waals surface area contributed by atoms with E-state index in [0.29, 0.717) is 5.82 Å². The Kier molecular flexibility index (Phi) is 3.30. The first kappa shape index (κ1) is 11.6. The Balaban J connectivity index is 2.18. The van der Waals surface area contributed by atoms with Crippen LogP contribution >= 0.6 is 27.7 Å². The molecule has 0 spiro atoms. The number of H-pyrrole nitrogens is 1. The number of nitrogens with zero attached hydrogens (tertiary/aromatic N) is 3. The Morgan fingerprint density at radius 1 is 1.25 bits per heavy atom. The van der Waals surface area contributed by atoms with Crippen molar-refractivity contribution in [3.8, 4) is 0 Å². The second kappa shape index (κ2) is 4.55. The Hall–Kier alpha value is -0.880. The van der Waals surface area contributed by atoms with Gasteiger partial charge in [0.1, 0.15) is 0 Å². The van der Waals surface area contributed by atoms with Gasteiger partial charge in [-0.15, -0.1) is 22.0 Å². The van der Waals surface area contributed by atoms with Crippen molar-refractivity contribution < 1.29 is 0 Å². The van der Waals surface area contributed by atoms with E-state index in [9.17, 15) is 0 Å². The molecule has 0 radical (unpaired) electrons. The number of hydrogen-bond acceptors (Lipinski definition) is 4. The fourth-order valence-corrected chi connectivity index (χ4v) is 2.56. The summed E-state index contributed by atoms with van der Waals surface area (Å²) in [5.74, 6) is 0.709. The molecular weight excluding hydrogens is 288 g/mol. The van der Waals surface area contributed by atoms with Crippen molar-refractivity contribution in [1.29, 1.82) is 0 Å². The van der Waals surface area contributed by atoms with E-state index in [0.717, 1.165) is 4.47 Å². The highest BCUT2D eigenvalue weighted by Gasteiger charge is 2.26. The van der Waals surface area contributed by atoms with Gasteiger partial charge in [0.25, 0.3) is 0 Å². The zero-order valence-corrected chi connectivity index (χ0v) is 11.3. The van der Waals surface area contributed by atoms with Crippen LogP contribution in [0.5, 0.6) is 0 Å². The third kappa shape index (κ3) is 2.62. The molecule has 1 aromatic carbocycles. The molecule has 0 saturated carbocycles. The number of nitrogens with one attached hydrogen (secondary N) is 1. The van der Waals surface area contributed by atoms with Gasteiger partial charge in [0.05, 0.1) is 4.75 Å². The topological polar surface area (TPSA) is 54.5 Å². The molecule has 0 amide bonds. The van der Waals surface area contributed by atoms with Crippen molar-refractivity contribution in [2.75, 3.05) is 0 Å². The van der Waals surface area contributed by atoms with Crippen LogP contribution in [-0.2, 0) is 4.75 Å². The Morgan fingerprint density at radius 3 is 2.50 bits per heavy atom. The summed E-state index contributed by atoms with van der Waals surface area (Å²) in [5, 5.41) is 14.1. The molecule has 84 valence electrons. The van der Waals surface area contributed by atoms with E-state index in [2.05, 4.69) is 62.5 Å². The first-order valence-corrected chi connectivity index (χ1v) is 6.37. The van der Waals surface area contributed by atoms with Crippen molar-refractivity contribution in [1.82, 2.24) is 20.6 Å². The molecule has 1 heterocycles. The van der Waals surface area contributed by atoms with Gasteiger partial charge in [-0.1, -0.05) is 21.1 Å². The third-order valence-electron chi connectivity index (χ3n) is 2.07. The lowest BCUT2D eigenvalue weighted by molar-refractivity contribution is 0.710. The smallest absolute Gasteiger partial charge is 0.177 e. The predicted octanol–water partition coefficient (Wildman–Crippen LogP) is 2.99. The van der Waals surface area contributed by atoms with Crippen molar-refractivity contribution in [2.45, 2.75) is 23.5 Å². The van der Waals surface area contributed by atoms with Crippen molar-refractivity contribution in [3.05, 3.63) is 34.6 Å². The maximum absolute atomic E-state index is 4.02. The summed E-state index contributed by atoms with van der Waals surface area (Å²) in [4.78, 5) is 1.18. The maximum Gasteiger partial charge on any atom is 0.190 e. The number of hydrogen-bond donors (Lipinski definition) is 1. The van der Waals surface area contributed by atoms with Crippen molar-refractivity contribution in [2.24, 2.45) is 0 Å². The molecule has 2 aromatic rings. The molecule has 0 aliphatic rings. The summed E-state index contributed by atoms with van der Waals surface area (Å²) in [5.41, 5.74) is 0. The SMILES string of the molecule is CC(C)(Sc1ccc(Br)cc1)c1nn[nH]n1. The highest BCUT2D eigenvalue weighted by molar-refractivity contribution is 9.10. The third-order valence-corrected chi connectivity index (χ3v) is 3.80. The fraction of sp³-hybridized carbons (Fsp3) is 0.300. The molecular formula is C10H11BrN4S. The van der Waals surface area contributed by atoms with Gasteiger partial charge in [-0.3, -0.25) is 0 Å². The Bertz CT molecular complexity index is 452. The number of rotatable bonds is 3. The first-order chi connectivity index (χ1) is 7.58. The minimum absolute atomic E-state index is 0.194. The van der Waals surface area contributed by atoms with E-state index in [1.165, 1.54) is 4.90 Å². The Labute approximate surface area is 106 Å². The van der Waals surface area contributed by atoms with Gasteiger partial charge in [-0.05, 0) is 38.1 Å². The molecule has 0 fully saturated rings. The van der Waals surface area contributed by atoms with Crippen LogP contribution in [0.25, 0.3) is 0 Å². The lowest BCUT2D eigenvalue weighted by atomic mass is 10.2. The molecule has 1 aromatic heterocycles.